The zero-order chi connectivity index (χ0) is 15.6. The Kier molecular flexibility index (Phi) is 7.09. The predicted octanol–water partition coefficient (Wildman–Crippen LogP) is 1.30. The third-order valence-corrected chi connectivity index (χ3v) is 3.94. The highest BCUT2D eigenvalue weighted by Crippen LogP contribution is 2.10. The molecule has 1 aromatic heterocycles. The summed E-state index contributed by atoms with van der Waals surface area (Å²) in [7, 11) is 0. The first kappa shape index (κ1) is 16.7. The summed E-state index contributed by atoms with van der Waals surface area (Å²) >= 11 is 0. The molecule has 0 aliphatic carbocycles. The third kappa shape index (κ3) is 5.26. The van der Waals surface area contributed by atoms with E-state index in [1.807, 2.05) is 11.0 Å². The second-order valence-electron chi connectivity index (χ2n) is 5.62. The number of piperazine rings is 1. The van der Waals surface area contributed by atoms with Crippen LogP contribution in [0, 0.1) is 0 Å². The van der Waals surface area contributed by atoms with E-state index in [-0.39, 0.29) is 5.91 Å². The molecule has 22 heavy (non-hydrogen) atoms. The molecule has 1 aliphatic heterocycles. The second kappa shape index (κ2) is 9.35. The number of carbonyl (C=O) groups excluding carboxylic acids is 1. The van der Waals surface area contributed by atoms with Gasteiger partial charge in [0.25, 0.3) is 0 Å². The second-order valence-corrected chi connectivity index (χ2v) is 5.62. The predicted molar refractivity (Wildman–Crippen MR) is 87.8 cm³/mol. The number of hydrogen-bond acceptors (Lipinski definition) is 5. The fourth-order valence-corrected chi connectivity index (χ4v) is 2.59. The van der Waals surface area contributed by atoms with Crippen LogP contribution < -0.4 is 10.2 Å². The van der Waals surface area contributed by atoms with Gasteiger partial charge in [-0.15, -0.1) is 0 Å². The lowest BCUT2D eigenvalue weighted by atomic mass is 10.2. The molecule has 2 heterocycles. The Hall–Kier alpha value is -1.69. The lowest BCUT2D eigenvalue weighted by Gasteiger charge is -2.34. The maximum atomic E-state index is 12.2. The van der Waals surface area contributed by atoms with Gasteiger partial charge in [0.2, 0.25) is 11.9 Å². The smallest absolute Gasteiger partial charge is 0.225 e. The van der Waals surface area contributed by atoms with Gasteiger partial charge in [-0.1, -0.05) is 19.8 Å². The van der Waals surface area contributed by atoms with Gasteiger partial charge in [-0.05, 0) is 19.0 Å². The molecule has 0 bridgehead atoms. The number of aromatic nitrogens is 2. The Morgan fingerprint density at radius 3 is 2.55 bits per heavy atom. The van der Waals surface area contributed by atoms with Gasteiger partial charge in [0.15, 0.2) is 0 Å². The third-order valence-electron chi connectivity index (χ3n) is 3.94. The van der Waals surface area contributed by atoms with Crippen LogP contribution in [0.5, 0.6) is 0 Å². The fraction of sp³-hybridized carbons (Fsp3) is 0.688. The van der Waals surface area contributed by atoms with Crippen LogP contribution in [0.3, 0.4) is 0 Å². The minimum absolute atomic E-state index is 0.247. The molecule has 0 aromatic carbocycles. The van der Waals surface area contributed by atoms with Crippen molar-refractivity contribution in [3.05, 3.63) is 18.5 Å². The molecule has 2 rings (SSSR count). The number of carbonyl (C=O) groups is 1. The Morgan fingerprint density at radius 2 is 1.86 bits per heavy atom. The van der Waals surface area contributed by atoms with E-state index in [0.29, 0.717) is 6.42 Å². The van der Waals surface area contributed by atoms with Crippen molar-refractivity contribution in [2.45, 2.75) is 32.6 Å². The van der Waals surface area contributed by atoms with Gasteiger partial charge in [0, 0.05) is 51.5 Å². The van der Waals surface area contributed by atoms with Gasteiger partial charge in [0.1, 0.15) is 0 Å². The molecule has 122 valence electrons. The SMILES string of the molecule is CCCCCNCCC(=O)N1CCN(c2ncccn2)CC1. The number of nitrogens with one attached hydrogen (secondary N) is 1. The van der Waals surface area contributed by atoms with Crippen LogP contribution in [0.15, 0.2) is 18.5 Å². The monoisotopic (exact) mass is 305 g/mol. The Morgan fingerprint density at radius 1 is 1.14 bits per heavy atom. The van der Waals surface area contributed by atoms with Crippen LogP contribution in [0.2, 0.25) is 0 Å². The van der Waals surface area contributed by atoms with Gasteiger partial charge < -0.3 is 15.1 Å². The molecule has 1 saturated heterocycles. The first-order valence-corrected chi connectivity index (χ1v) is 8.31. The zero-order valence-corrected chi connectivity index (χ0v) is 13.5. The Bertz CT molecular complexity index is 431. The molecule has 1 N–H and O–H groups in total. The van der Waals surface area contributed by atoms with E-state index >= 15 is 0 Å². The summed E-state index contributed by atoms with van der Waals surface area (Å²) in [6.45, 7) is 7.12. The van der Waals surface area contributed by atoms with Crippen LogP contribution >= 0.6 is 0 Å². The number of hydrogen-bond donors (Lipinski definition) is 1. The zero-order valence-electron chi connectivity index (χ0n) is 13.5. The maximum Gasteiger partial charge on any atom is 0.225 e. The van der Waals surface area contributed by atoms with E-state index in [4.69, 9.17) is 0 Å². The molecular formula is C16H27N5O. The summed E-state index contributed by atoms with van der Waals surface area (Å²) in [5.74, 6) is 1.00. The van der Waals surface area contributed by atoms with Crippen molar-refractivity contribution in [1.82, 2.24) is 20.2 Å². The van der Waals surface area contributed by atoms with Crippen LogP contribution in [0.4, 0.5) is 5.95 Å². The largest absolute Gasteiger partial charge is 0.339 e. The molecule has 0 atom stereocenters. The first-order valence-electron chi connectivity index (χ1n) is 8.31. The van der Waals surface area contributed by atoms with Crippen LogP contribution in [-0.4, -0.2) is 60.0 Å². The average molecular weight is 305 g/mol. The number of anilines is 1. The quantitative estimate of drug-likeness (QED) is 0.734. The maximum absolute atomic E-state index is 12.2. The first-order chi connectivity index (χ1) is 10.8. The molecule has 6 nitrogen and oxygen atoms in total. The van der Waals surface area contributed by atoms with Crippen molar-refractivity contribution in [3.8, 4) is 0 Å². The highest BCUT2D eigenvalue weighted by atomic mass is 16.2. The van der Waals surface area contributed by atoms with E-state index in [1.54, 1.807) is 12.4 Å². The van der Waals surface area contributed by atoms with E-state index < -0.39 is 0 Å². The normalized spacial score (nSPS) is 15.1. The summed E-state index contributed by atoms with van der Waals surface area (Å²) in [6, 6.07) is 1.82. The van der Waals surface area contributed by atoms with Crippen molar-refractivity contribution in [3.63, 3.8) is 0 Å². The van der Waals surface area contributed by atoms with E-state index in [0.717, 1.165) is 45.2 Å². The summed E-state index contributed by atoms with van der Waals surface area (Å²) < 4.78 is 0. The van der Waals surface area contributed by atoms with E-state index in [9.17, 15) is 4.79 Å². The number of rotatable bonds is 8. The molecule has 0 unspecified atom stereocenters. The highest BCUT2D eigenvalue weighted by Gasteiger charge is 2.21. The molecule has 0 saturated carbocycles. The molecule has 6 heteroatoms. The molecule has 1 fully saturated rings. The van der Waals surface area contributed by atoms with Gasteiger partial charge in [-0.3, -0.25) is 4.79 Å². The topological polar surface area (TPSA) is 61.4 Å². The summed E-state index contributed by atoms with van der Waals surface area (Å²) in [5.41, 5.74) is 0. The fourth-order valence-electron chi connectivity index (χ4n) is 2.59. The Labute approximate surface area is 132 Å². The van der Waals surface area contributed by atoms with Gasteiger partial charge >= 0.3 is 0 Å². The lowest BCUT2D eigenvalue weighted by molar-refractivity contribution is -0.131. The van der Waals surface area contributed by atoms with E-state index in [1.165, 1.54) is 19.3 Å². The Balaban J connectivity index is 1.63. The molecule has 1 amide bonds. The number of nitrogens with zero attached hydrogens (tertiary/aromatic N) is 4. The van der Waals surface area contributed by atoms with Crippen molar-refractivity contribution in [2.75, 3.05) is 44.2 Å². The van der Waals surface area contributed by atoms with Gasteiger partial charge in [-0.25, -0.2) is 9.97 Å². The van der Waals surface area contributed by atoms with Crippen molar-refractivity contribution in [1.29, 1.82) is 0 Å². The van der Waals surface area contributed by atoms with Crippen molar-refractivity contribution < 1.29 is 4.79 Å². The summed E-state index contributed by atoms with van der Waals surface area (Å²) in [6.07, 6.45) is 7.78. The molecule has 1 aliphatic rings. The van der Waals surface area contributed by atoms with E-state index in [2.05, 4.69) is 27.1 Å². The molecule has 0 radical (unpaired) electrons. The van der Waals surface area contributed by atoms with Crippen LogP contribution in [-0.2, 0) is 4.79 Å². The highest BCUT2D eigenvalue weighted by molar-refractivity contribution is 5.76. The van der Waals surface area contributed by atoms with Crippen LogP contribution in [0.25, 0.3) is 0 Å². The standard InChI is InChI=1S/C16H27N5O/c1-2-3-4-7-17-10-6-15(22)20-11-13-21(14-12-20)16-18-8-5-9-19-16/h5,8-9,17H,2-4,6-7,10-14H2,1H3. The summed E-state index contributed by atoms with van der Waals surface area (Å²) in [4.78, 5) is 24.8. The molecule has 1 aromatic rings. The van der Waals surface area contributed by atoms with Crippen molar-refractivity contribution in [2.24, 2.45) is 0 Å². The minimum atomic E-state index is 0.247. The van der Waals surface area contributed by atoms with Crippen LogP contribution in [0.1, 0.15) is 32.6 Å². The average Bonchev–Trinajstić information content (AvgIpc) is 2.59. The van der Waals surface area contributed by atoms with Gasteiger partial charge in [-0.2, -0.15) is 0 Å². The molecule has 0 spiro atoms. The summed E-state index contributed by atoms with van der Waals surface area (Å²) in [5, 5.41) is 3.35. The lowest BCUT2D eigenvalue weighted by Crippen LogP contribution is -2.49. The minimum Gasteiger partial charge on any atom is -0.339 e. The van der Waals surface area contributed by atoms with Crippen molar-refractivity contribution >= 4 is 11.9 Å². The number of unbranched alkanes of at least 4 members (excludes halogenated alkanes) is 2. The van der Waals surface area contributed by atoms with Gasteiger partial charge in [0.05, 0.1) is 0 Å². The number of amides is 1. The molecular weight excluding hydrogens is 278 g/mol.